The van der Waals surface area contributed by atoms with Gasteiger partial charge in [-0.2, -0.15) is 0 Å². The number of aromatic nitrogens is 2. The zero-order valence-corrected chi connectivity index (χ0v) is 12.2. The number of anilines is 3. The van der Waals surface area contributed by atoms with Crippen molar-refractivity contribution >= 4 is 33.3 Å². The molecule has 1 atom stereocenters. The Hall–Kier alpha value is -1.66. The van der Waals surface area contributed by atoms with Crippen LogP contribution in [0.3, 0.4) is 0 Å². The third kappa shape index (κ3) is 3.90. The van der Waals surface area contributed by atoms with E-state index in [0.29, 0.717) is 6.54 Å². The average Bonchev–Trinajstić information content (AvgIpc) is 2.42. The molecule has 0 aliphatic carbocycles. The Kier molecular flexibility index (Phi) is 4.70. The molecular weight excluding hydrogens is 306 g/mol. The molecular formula is C13H16BrN5. The third-order valence-electron chi connectivity index (χ3n) is 2.55. The first-order chi connectivity index (χ1) is 9.19. The number of para-hydroxylation sites is 1. The second-order valence-electron chi connectivity index (χ2n) is 4.17. The van der Waals surface area contributed by atoms with E-state index < -0.39 is 0 Å². The largest absolute Gasteiger partial charge is 0.366 e. The van der Waals surface area contributed by atoms with Gasteiger partial charge in [-0.15, -0.1) is 0 Å². The van der Waals surface area contributed by atoms with Gasteiger partial charge in [-0.1, -0.05) is 12.1 Å². The van der Waals surface area contributed by atoms with E-state index >= 15 is 0 Å². The molecule has 19 heavy (non-hydrogen) atoms. The van der Waals surface area contributed by atoms with Gasteiger partial charge in [0.05, 0.1) is 5.69 Å². The van der Waals surface area contributed by atoms with Crippen molar-refractivity contribution < 1.29 is 0 Å². The number of hydrogen-bond donors (Lipinski definition) is 3. The third-order valence-corrected chi connectivity index (χ3v) is 3.24. The first-order valence-corrected chi connectivity index (χ1v) is 6.78. The van der Waals surface area contributed by atoms with Gasteiger partial charge in [-0.25, -0.2) is 9.97 Å². The normalized spacial score (nSPS) is 11.9. The van der Waals surface area contributed by atoms with E-state index in [1.807, 2.05) is 37.3 Å². The van der Waals surface area contributed by atoms with E-state index in [1.54, 1.807) is 0 Å². The molecule has 0 saturated carbocycles. The molecule has 100 valence electrons. The Labute approximate surface area is 120 Å². The maximum Gasteiger partial charge on any atom is 0.135 e. The van der Waals surface area contributed by atoms with Crippen molar-refractivity contribution in [2.75, 3.05) is 17.2 Å². The maximum absolute atomic E-state index is 5.57. The minimum absolute atomic E-state index is 0.172. The lowest BCUT2D eigenvalue weighted by atomic mass is 10.3. The van der Waals surface area contributed by atoms with Crippen LogP contribution in [0, 0.1) is 0 Å². The maximum atomic E-state index is 5.57. The van der Waals surface area contributed by atoms with E-state index in [-0.39, 0.29) is 6.04 Å². The summed E-state index contributed by atoms with van der Waals surface area (Å²) >= 11 is 3.49. The molecule has 0 spiro atoms. The standard InChI is InChI=1S/C13H16BrN5/c1-9(7-15)18-12-6-13(17-8-16-12)19-11-5-3-2-4-10(11)14/h2-6,8-9H,7,15H2,1H3,(H2,16,17,18,19). The van der Waals surface area contributed by atoms with Crippen LogP contribution >= 0.6 is 15.9 Å². The quantitative estimate of drug-likeness (QED) is 0.789. The van der Waals surface area contributed by atoms with Crippen molar-refractivity contribution in [2.24, 2.45) is 5.73 Å². The van der Waals surface area contributed by atoms with Crippen LogP contribution in [-0.4, -0.2) is 22.6 Å². The van der Waals surface area contributed by atoms with Crippen LogP contribution in [0.2, 0.25) is 0 Å². The van der Waals surface area contributed by atoms with Crippen LogP contribution in [0.4, 0.5) is 17.3 Å². The summed E-state index contributed by atoms with van der Waals surface area (Å²) in [6, 6.07) is 9.90. The van der Waals surface area contributed by atoms with Gasteiger partial charge in [-0.05, 0) is 35.0 Å². The molecule has 0 aliphatic rings. The Balaban J connectivity index is 2.13. The van der Waals surface area contributed by atoms with E-state index in [1.165, 1.54) is 6.33 Å². The second kappa shape index (κ2) is 6.49. The smallest absolute Gasteiger partial charge is 0.135 e. The van der Waals surface area contributed by atoms with Crippen LogP contribution in [0.1, 0.15) is 6.92 Å². The summed E-state index contributed by atoms with van der Waals surface area (Å²) in [6.07, 6.45) is 1.52. The van der Waals surface area contributed by atoms with Gasteiger partial charge < -0.3 is 16.4 Å². The molecule has 0 amide bonds. The molecule has 0 aliphatic heterocycles. The monoisotopic (exact) mass is 321 g/mol. The van der Waals surface area contributed by atoms with Crippen LogP contribution in [0.15, 0.2) is 41.1 Å². The summed E-state index contributed by atoms with van der Waals surface area (Å²) in [5, 5.41) is 6.44. The van der Waals surface area contributed by atoms with Gasteiger partial charge >= 0.3 is 0 Å². The van der Waals surface area contributed by atoms with Crippen LogP contribution in [0.5, 0.6) is 0 Å². The minimum Gasteiger partial charge on any atom is -0.366 e. The van der Waals surface area contributed by atoms with Crippen molar-refractivity contribution in [3.05, 3.63) is 41.1 Å². The number of benzene rings is 1. The Morgan fingerprint density at radius 2 is 2.00 bits per heavy atom. The van der Waals surface area contributed by atoms with Crippen molar-refractivity contribution in [1.82, 2.24) is 9.97 Å². The molecule has 0 radical (unpaired) electrons. The van der Waals surface area contributed by atoms with Crippen molar-refractivity contribution in [3.63, 3.8) is 0 Å². The van der Waals surface area contributed by atoms with Gasteiger partial charge in [-0.3, -0.25) is 0 Å². The molecule has 0 fully saturated rings. The number of nitrogens with zero attached hydrogens (tertiary/aromatic N) is 2. The Morgan fingerprint density at radius 3 is 2.74 bits per heavy atom. The van der Waals surface area contributed by atoms with E-state index in [4.69, 9.17) is 5.73 Å². The van der Waals surface area contributed by atoms with E-state index in [0.717, 1.165) is 21.8 Å². The molecule has 0 saturated heterocycles. The number of rotatable bonds is 5. The average molecular weight is 322 g/mol. The highest BCUT2D eigenvalue weighted by Crippen LogP contribution is 2.24. The van der Waals surface area contributed by atoms with Crippen LogP contribution in [-0.2, 0) is 0 Å². The summed E-state index contributed by atoms with van der Waals surface area (Å²) in [6.45, 7) is 2.56. The zero-order valence-electron chi connectivity index (χ0n) is 10.6. The van der Waals surface area contributed by atoms with Crippen molar-refractivity contribution in [1.29, 1.82) is 0 Å². The lowest BCUT2D eigenvalue weighted by Crippen LogP contribution is -2.25. The predicted octanol–water partition coefficient (Wildman–Crippen LogP) is 2.74. The molecule has 0 bridgehead atoms. The van der Waals surface area contributed by atoms with Gasteiger partial charge in [0.1, 0.15) is 18.0 Å². The molecule has 2 aromatic rings. The fourth-order valence-corrected chi connectivity index (χ4v) is 1.90. The van der Waals surface area contributed by atoms with Gasteiger partial charge in [0, 0.05) is 23.1 Å². The number of nitrogens with one attached hydrogen (secondary N) is 2. The molecule has 6 heteroatoms. The highest BCUT2D eigenvalue weighted by molar-refractivity contribution is 9.10. The van der Waals surface area contributed by atoms with E-state index in [2.05, 4.69) is 36.5 Å². The lowest BCUT2D eigenvalue weighted by Gasteiger charge is -2.13. The second-order valence-corrected chi connectivity index (χ2v) is 5.03. The fraction of sp³-hybridized carbons (Fsp3) is 0.231. The van der Waals surface area contributed by atoms with Gasteiger partial charge in [0.25, 0.3) is 0 Å². The Bertz CT molecular complexity index is 546. The highest BCUT2D eigenvalue weighted by Gasteiger charge is 2.04. The van der Waals surface area contributed by atoms with Gasteiger partial charge in [0.15, 0.2) is 0 Å². The SMILES string of the molecule is CC(CN)Nc1cc(Nc2ccccc2Br)ncn1. The van der Waals surface area contributed by atoms with Crippen molar-refractivity contribution in [3.8, 4) is 0 Å². The summed E-state index contributed by atoms with van der Waals surface area (Å²) < 4.78 is 0.985. The molecule has 1 heterocycles. The number of hydrogen-bond acceptors (Lipinski definition) is 5. The summed E-state index contributed by atoms with van der Waals surface area (Å²) in [4.78, 5) is 8.36. The molecule has 5 nitrogen and oxygen atoms in total. The Morgan fingerprint density at radius 1 is 1.26 bits per heavy atom. The summed E-state index contributed by atoms with van der Waals surface area (Å²) in [5.41, 5.74) is 6.53. The molecule has 1 aromatic carbocycles. The van der Waals surface area contributed by atoms with Crippen molar-refractivity contribution in [2.45, 2.75) is 13.0 Å². The van der Waals surface area contributed by atoms with Crippen LogP contribution < -0.4 is 16.4 Å². The summed E-state index contributed by atoms with van der Waals surface area (Å²) in [7, 11) is 0. The number of halogens is 1. The molecule has 1 aromatic heterocycles. The van der Waals surface area contributed by atoms with Crippen LogP contribution in [0.25, 0.3) is 0 Å². The summed E-state index contributed by atoms with van der Waals surface area (Å²) in [5.74, 6) is 1.48. The first-order valence-electron chi connectivity index (χ1n) is 5.99. The first kappa shape index (κ1) is 13.8. The zero-order chi connectivity index (χ0) is 13.7. The molecule has 4 N–H and O–H groups in total. The van der Waals surface area contributed by atoms with E-state index in [9.17, 15) is 0 Å². The minimum atomic E-state index is 0.172. The molecule has 1 unspecified atom stereocenters. The predicted molar refractivity (Wildman–Crippen MR) is 81.6 cm³/mol. The highest BCUT2D eigenvalue weighted by atomic mass is 79.9. The topological polar surface area (TPSA) is 75.9 Å². The lowest BCUT2D eigenvalue weighted by molar-refractivity contribution is 0.797. The molecule has 2 rings (SSSR count). The number of nitrogens with two attached hydrogens (primary N) is 1. The van der Waals surface area contributed by atoms with Gasteiger partial charge in [0.2, 0.25) is 0 Å². The fourth-order valence-electron chi connectivity index (χ4n) is 1.52.